The first kappa shape index (κ1) is 27.8. The van der Waals surface area contributed by atoms with Crippen LogP contribution in [-0.4, -0.2) is 70.5 Å². The van der Waals surface area contributed by atoms with Crippen LogP contribution >= 0.6 is 0 Å². The fourth-order valence-corrected chi connectivity index (χ4v) is 2.44. The minimum Gasteiger partial charge on any atom is -0.481 e. The second kappa shape index (κ2) is 13.9. The summed E-state index contributed by atoms with van der Waals surface area (Å²) in [5.74, 6) is -5.79. The van der Waals surface area contributed by atoms with E-state index in [9.17, 15) is 33.9 Å². The number of carboxylic acids is 2. The first-order chi connectivity index (χ1) is 14.4. The molecule has 0 heterocycles. The number of hydrogen-bond acceptors (Lipinski definition) is 7. The first-order valence-corrected chi connectivity index (χ1v) is 9.74. The smallest absolute Gasteiger partial charge is 0.326 e. The number of carboxylic acid groups (broad SMARTS) is 2. The van der Waals surface area contributed by atoms with E-state index in [-0.39, 0.29) is 31.6 Å². The topological polar surface area (TPSA) is 231 Å². The summed E-state index contributed by atoms with van der Waals surface area (Å²) >= 11 is 0. The van der Waals surface area contributed by atoms with Gasteiger partial charge in [-0.15, -0.1) is 0 Å². The third-order valence-corrected chi connectivity index (χ3v) is 4.54. The summed E-state index contributed by atoms with van der Waals surface area (Å²) in [6, 6.07) is -3.59. The van der Waals surface area contributed by atoms with Crippen LogP contribution in [0.3, 0.4) is 0 Å². The van der Waals surface area contributed by atoms with Crippen LogP contribution in [0.1, 0.15) is 46.0 Å². The third-order valence-electron chi connectivity index (χ3n) is 4.54. The number of aliphatic carboxylic acids is 2. The van der Waals surface area contributed by atoms with Gasteiger partial charge in [0.05, 0.1) is 12.6 Å². The van der Waals surface area contributed by atoms with E-state index in [2.05, 4.69) is 16.0 Å². The van der Waals surface area contributed by atoms with Crippen molar-refractivity contribution < 1.29 is 39.0 Å². The van der Waals surface area contributed by atoms with Gasteiger partial charge in [-0.05, 0) is 18.8 Å². The highest BCUT2D eigenvalue weighted by Gasteiger charge is 2.27. The summed E-state index contributed by atoms with van der Waals surface area (Å²) in [5, 5.41) is 24.7. The number of primary amides is 1. The second-order valence-electron chi connectivity index (χ2n) is 7.09. The predicted octanol–water partition coefficient (Wildman–Crippen LogP) is -2.34. The van der Waals surface area contributed by atoms with Gasteiger partial charge in [-0.2, -0.15) is 0 Å². The molecule has 13 nitrogen and oxygen atoms in total. The molecule has 0 saturated heterocycles. The van der Waals surface area contributed by atoms with Gasteiger partial charge in [0, 0.05) is 12.8 Å². The SMILES string of the molecule is CCC(C)C(NC(=O)CNC(=O)C(CCC(N)=O)NC(=O)C(N)CCC(=O)O)C(=O)O. The van der Waals surface area contributed by atoms with E-state index in [1.54, 1.807) is 13.8 Å². The molecule has 0 saturated carbocycles. The maximum Gasteiger partial charge on any atom is 0.326 e. The molecule has 0 aliphatic rings. The number of nitrogens with one attached hydrogen (secondary N) is 3. The Hall–Kier alpha value is -3.22. The van der Waals surface area contributed by atoms with Crippen molar-refractivity contribution in [1.29, 1.82) is 0 Å². The molecule has 0 aromatic carbocycles. The number of hydrogen-bond donors (Lipinski definition) is 7. The molecular formula is C18H31N5O8. The predicted molar refractivity (Wildman–Crippen MR) is 107 cm³/mol. The molecule has 4 atom stereocenters. The summed E-state index contributed by atoms with van der Waals surface area (Å²) in [4.78, 5) is 69.4. The number of rotatable bonds is 15. The van der Waals surface area contributed by atoms with Gasteiger partial charge in [-0.1, -0.05) is 20.3 Å². The zero-order chi connectivity index (χ0) is 24.1. The zero-order valence-corrected chi connectivity index (χ0v) is 17.6. The molecule has 9 N–H and O–H groups in total. The van der Waals surface area contributed by atoms with Gasteiger partial charge in [0.25, 0.3) is 0 Å². The summed E-state index contributed by atoms with van der Waals surface area (Å²) in [6.07, 6.45) is -0.435. The van der Waals surface area contributed by atoms with E-state index >= 15 is 0 Å². The Morgan fingerprint density at radius 1 is 0.935 bits per heavy atom. The van der Waals surface area contributed by atoms with Gasteiger partial charge in [-0.25, -0.2) is 4.79 Å². The quantitative estimate of drug-likeness (QED) is 0.143. The van der Waals surface area contributed by atoms with Crippen molar-refractivity contribution in [2.75, 3.05) is 6.54 Å². The Labute approximate surface area is 179 Å². The molecular weight excluding hydrogens is 414 g/mol. The molecule has 4 amide bonds. The Bertz CT molecular complexity index is 684. The lowest BCUT2D eigenvalue weighted by Crippen LogP contribution is -2.54. The standard InChI is InChI=1S/C18H31N5O8/c1-3-9(2)15(18(30)31)23-13(25)8-21-17(29)11(5-6-12(20)24)22-16(28)10(19)4-7-14(26)27/h9-11,15H,3-8,19H2,1-2H3,(H2,20,24)(H,21,29)(H,22,28)(H,23,25)(H,26,27)(H,30,31). The van der Waals surface area contributed by atoms with Crippen LogP contribution in [-0.2, 0) is 28.8 Å². The van der Waals surface area contributed by atoms with Gasteiger partial charge in [0.2, 0.25) is 23.6 Å². The van der Waals surface area contributed by atoms with Crippen molar-refractivity contribution >= 4 is 35.6 Å². The minimum atomic E-state index is -1.26. The van der Waals surface area contributed by atoms with Crippen molar-refractivity contribution in [3.63, 3.8) is 0 Å². The van der Waals surface area contributed by atoms with E-state index in [1.165, 1.54) is 0 Å². The monoisotopic (exact) mass is 445 g/mol. The summed E-state index contributed by atoms with van der Waals surface area (Å²) in [5.41, 5.74) is 10.7. The van der Waals surface area contributed by atoms with Crippen LogP contribution in [0.5, 0.6) is 0 Å². The molecule has 0 bridgehead atoms. The number of amides is 4. The number of carbonyl (C=O) groups excluding carboxylic acids is 4. The Kier molecular flexibility index (Phi) is 12.5. The molecule has 4 unspecified atom stereocenters. The fraction of sp³-hybridized carbons (Fsp3) is 0.667. The average Bonchev–Trinajstić information content (AvgIpc) is 2.69. The summed E-state index contributed by atoms with van der Waals surface area (Å²) < 4.78 is 0. The van der Waals surface area contributed by atoms with Crippen molar-refractivity contribution in [3.8, 4) is 0 Å². The number of nitrogens with two attached hydrogens (primary N) is 2. The number of carbonyl (C=O) groups is 6. The van der Waals surface area contributed by atoms with Crippen molar-refractivity contribution in [2.45, 2.75) is 64.1 Å². The highest BCUT2D eigenvalue weighted by Crippen LogP contribution is 2.07. The van der Waals surface area contributed by atoms with Crippen LogP contribution in [0.15, 0.2) is 0 Å². The fourth-order valence-electron chi connectivity index (χ4n) is 2.44. The van der Waals surface area contributed by atoms with Crippen LogP contribution < -0.4 is 27.4 Å². The lowest BCUT2D eigenvalue weighted by Gasteiger charge is -2.22. The Morgan fingerprint density at radius 2 is 1.55 bits per heavy atom. The molecule has 0 aromatic heterocycles. The highest BCUT2D eigenvalue weighted by atomic mass is 16.4. The Balaban J connectivity index is 4.95. The maximum absolute atomic E-state index is 12.4. The van der Waals surface area contributed by atoms with Crippen molar-refractivity contribution in [2.24, 2.45) is 17.4 Å². The lowest BCUT2D eigenvalue weighted by atomic mass is 9.99. The van der Waals surface area contributed by atoms with E-state index < -0.39 is 60.2 Å². The molecule has 0 aromatic rings. The molecule has 176 valence electrons. The largest absolute Gasteiger partial charge is 0.481 e. The first-order valence-electron chi connectivity index (χ1n) is 9.74. The van der Waals surface area contributed by atoms with E-state index in [0.717, 1.165) is 0 Å². The van der Waals surface area contributed by atoms with Crippen LogP contribution in [0.2, 0.25) is 0 Å². The second-order valence-corrected chi connectivity index (χ2v) is 7.09. The molecule has 0 aliphatic carbocycles. The normalized spacial score (nSPS) is 14.4. The van der Waals surface area contributed by atoms with Gasteiger partial charge in [0.1, 0.15) is 12.1 Å². The molecule has 0 aliphatic heterocycles. The third kappa shape index (κ3) is 11.5. The molecule has 31 heavy (non-hydrogen) atoms. The zero-order valence-electron chi connectivity index (χ0n) is 17.6. The van der Waals surface area contributed by atoms with Gasteiger partial charge >= 0.3 is 11.9 Å². The lowest BCUT2D eigenvalue weighted by molar-refractivity contribution is -0.143. The van der Waals surface area contributed by atoms with Crippen LogP contribution in [0, 0.1) is 5.92 Å². The van der Waals surface area contributed by atoms with Crippen molar-refractivity contribution in [3.05, 3.63) is 0 Å². The van der Waals surface area contributed by atoms with Gasteiger partial charge in [-0.3, -0.25) is 24.0 Å². The minimum absolute atomic E-state index is 0.167. The van der Waals surface area contributed by atoms with Crippen LogP contribution in [0.4, 0.5) is 0 Å². The van der Waals surface area contributed by atoms with E-state index in [1.807, 2.05) is 0 Å². The molecule has 0 fully saturated rings. The van der Waals surface area contributed by atoms with Gasteiger partial charge in [0.15, 0.2) is 0 Å². The molecule has 0 radical (unpaired) electrons. The molecule has 0 rings (SSSR count). The maximum atomic E-state index is 12.4. The Morgan fingerprint density at radius 3 is 2.03 bits per heavy atom. The van der Waals surface area contributed by atoms with Crippen molar-refractivity contribution in [1.82, 2.24) is 16.0 Å². The average molecular weight is 445 g/mol. The van der Waals surface area contributed by atoms with E-state index in [0.29, 0.717) is 6.42 Å². The summed E-state index contributed by atoms with van der Waals surface area (Å²) in [6.45, 7) is 2.86. The van der Waals surface area contributed by atoms with E-state index in [4.69, 9.17) is 16.6 Å². The highest BCUT2D eigenvalue weighted by molar-refractivity contribution is 5.93. The van der Waals surface area contributed by atoms with Crippen LogP contribution in [0.25, 0.3) is 0 Å². The molecule has 13 heteroatoms. The summed E-state index contributed by atoms with van der Waals surface area (Å²) in [7, 11) is 0. The molecule has 0 spiro atoms. The van der Waals surface area contributed by atoms with Gasteiger partial charge < -0.3 is 37.6 Å².